The highest BCUT2D eigenvalue weighted by molar-refractivity contribution is 7.09. The highest BCUT2D eigenvalue weighted by Crippen LogP contribution is 2.27. The molecule has 1 heterocycles. The quantitative estimate of drug-likeness (QED) is 0.549. The molecule has 0 spiro atoms. The summed E-state index contributed by atoms with van der Waals surface area (Å²) in [7, 11) is 1.51. The van der Waals surface area contributed by atoms with Gasteiger partial charge in [0.15, 0.2) is 0 Å². The molecule has 0 fully saturated rings. The summed E-state index contributed by atoms with van der Waals surface area (Å²) in [5.41, 5.74) is 2.10. The number of aromatic nitrogens is 1. The van der Waals surface area contributed by atoms with Gasteiger partial charge in [0.1, 0.15) is 17.7 Å². The maximum atomic E-state index is 12.2. The minimum Gasteiger partial charge on any atom is -0.457 e. The molecule has 0 amide bonds. The van der Waals surface area contributed by atoms with Crippen LogP contribution in [0.2, 0.25) is 5.02 Å². The molecule has 2 aromatic rings. The second-order valence-corrected chi connectivity index (χ2v) is 6.15. The summed E-state index contributed by atoms with van der Waals surface area (Å²) in [6, 6.07) is 5.57. The third-order valence-electron chi connectivity index (χ3n) is 3.42. The van der Waals surface area contributed by atoms with Gasteiger partial charge in [-0.25, -0.2) is 9.78 Å². The lowest BCUT2D eigenvalue weighted by Gasteiger charge is -2.16. The lowest BCUT2D eigenvalue weighted by Crippen LogP contribution is -2.15. The highest BCUT2D eigenvalue weighted by atomic mass is 35.5. The molecular formula is C17H18ClNO3S. The van der Waals surface area contributed by atoms with Gasteiger partial charge in [0, 0.05) is 23.7 Å². The topological polar surface area (TPSA) is 48.4 Å². The molecule has 0 saturated heterocycles. The van der Waals surface area contributed by atoms with Crippen molar-refractivity contribution in [1.29, 1.82) is 0 Å². The second-order valence-electron chi connectivity index (χ2n) is 4.82. The van der Waals surface area contributed by atoms with E-state index in [2.05, 4.69) is 11.6 Å². The number of hydrogen-bond acceptors (Lipinski definition) is 5. The van der Waals surface area contributed by atoms with Crippen LogP contribution in [0.1, 0.15) is 29.2 Å². The van der Waals surface area contributed by atoms with Gasteiger partial charge in [-0.2, -0.15) is 0 Å². The van der Waals surface area contributed by atoms with Gasteiger partial charge >= 0.3 is 5.97 Å². The predicted octanol–water partition coefficient (Wildman–Crippen LogP) is 4.35. The van der Waals surface area contributed by atoms with Crippen LogP contribution in [0.3, 0.4) is 0 Å². The Morgan fingerprint density at radius 3 is 2.87 bits per heavy atom. The molecule has 2 rings (SSSR count). The van der Waals surface area contributed by atoms with E-state index in [4.69, 9.17) is 21.1 Å². The van der Waals surface area contributed by atoms with E-state index >= 15 is 0 Å². The van der Waals surface area contributed by atoms with Crippen LogP contribution in [-0.2, 0) is 27.3 Å². The first kappa shape index (κ1) is 17.7. The van der Waals surface area contributed by atoms with Crippen LogP contribution < -0.4 is 0 Å². The largest absolute Gasteiger partial charge is 0.457 e. The van der Waals surface area contributed by atoms with Crippen LogP contribution in [0.5, 0.6) is 0 Å². The van der Waals surface area contributed by atoms with Crippen LogP contribution >= 0.6 is 22.9 Å². The highest BCUT2D eigenvalue weighted by Gasteiger charge is 2.24. The van der Waals surface area contributed by atoms with Crippen molar-refractivity contribution in [2.75, 3.05) is 7.11 Å². The number of benzene rings is 1. The number of nitrogens with zero attached hydrogens (tertiary/aromatic N) is 1. The smallest absolute Gasteiger partial charge is 0.336 e. The molecule has 0 radical (unpaired) electrons. The van der Waals surface area contributed by atoms with Gasteiger partial charge in [-0.3, -0.25) is 0 Å². The van der Waals surface area contributed by atoms with Gasteiger partial charge < -0.3 is 9.47 Å². The number of ether oxygens (including phenoxy) is 2. The summed E-state index contributed by atoms with van der Waals surface area (Å²) in [5.74, 6) is -0.505. The van der Waals surface area contributed by atoms with E-state index in [1.165, 1.54) is 18.4 Å². The lowest BCUT2D eigenvalue weighted by molar-refractivity contribution is -0.141. The third kappa shape index (κ3) is 4.19. The Morgan fingerprint density at radius 1 is 1.48 bits per heavy atom. The molecule has 23 heavy (non-hydrogen) atoms. The minimum absolute atomic E-state index is 0.149. The van der Waals surface area contributed by atoms with Crippen molar-refractivity contribution in [2.24, 2.45) is 0 Å². The van der Waals surface area contributed by atoms with E-state index in [1.807, 2.05) is 30.5 Å². The van der Waals surface area contributed by atoms with Crippen LogP contribution in [-0.4, -0.2) is 18.1 Å². The fraction of sp³-hybridized carbons (Fsp3) is 0.294. The number of carbonyl (C=O) groups is 1. The lowest BCUT2D eigenvalue weighted by atomic mass is 10.1. The number of halogens is 1. The van der Waals surface area contributed by atoms with Crippen molar-refractivity contribution in [3.8, 4) is 0 Å². The van der Waals surface area contributed by atoms with E-state index in [1.54, 1.807) is 6.20 Å². The van der Waals surface area contributed by atoms with E-state index in [0.717, 1.165) is 17.5 Å². The molecule has 0 bridgehead atoms. The van der Waals surface area contributed by atoms with Gasteiger partial charge in [-0.1, -0.05) is 37.2 Å². The maximum Gasteiger partial charge on any atom is 0.336 e. The zero-order valence-corrected chi connectivity index (χ0v) is 14.6. The molecule has 4 nitrogen and oxygen atoms in total. The molecule has 122 valence electrons. The predicted molar refractivity (Wildman–Crippen MR) is 91.6 cm³/mol. The SMILES string of the molecule is C=C(C(=O)OCc1cccc(Cl)c1CC)C(OC)c1nccs1. The fourth-order valence-corrected chi connectivity index (χ4v) is 3.31. The van der Waals surface area contributed by atoms with E-state index in [-0.39, 0.29) is 12.2 Å². The normalized spacial score (nSPS) is 12.0. The Labute approximate surface area is 144 Å². The van der Waals surface area contributed by atoms with Gasteiger partial charge in [0.25, 0.3) is 0 Å². The standard InChI is InChI=1S/C17H18ClNO3S/c1-4-13-12(6-5-7-14(13)18)10-22-17(20)11(2)15(21-3)16-19-8-9-23-16/h5-9,15H,2,4,10H2,1,3H3. The number of methoxy groups -OCH3 is 1. The van der Waals surface area contributed by atoms with Crippen molar-refractivity contribution in [3.63, 3.8) is 0 Å². The zero-order valence-electron chi connectivity index (χ0n) is 13.0. The molecule has 0 aliphatic heterocycles. The maximum absolute atomic E-state index is 12.2. The zero-order chi connectivity index (χ0) is 16.8. The summed E-state index contributed by atoms with van der Waals surface area (Å²) in [6.45, 7) is 5.95. The summed E-state index contributed by atoms with van der Waals surface area (Å²) < 4.78 is 10.7. The minimum atomic E-state index is -0.590. The van der Waals surface area contributed by atoms with Crippen molar-refractivity contribution in [3.05, 3.63) is 63.1 Å². The van der Waals surface area contributed by atoms with Crippen molar-refractivity contribution >= 4 is 28.9 Å². The van der Waals surface area contributed by atoms with E-state index in [9.17, 15) is 4.79 Å². The molecule has 0 saturated carbocycles. The number of thiazole rings is 1. The molecule has 0 aliphatic carbocycles. The molecule has 0 N–H and O–H groups in total. The van der Waals surface area contributed by atoms with Gasteiger partial charge in [0.05, 0.1) is 5.57 Å². The molecule has 1 aromatic heterocycles. The third-order valence-corrected chi connectivity index (χ3v) is 4.59. The molecular weight excluding hydrogens is 334 g/mol. The van der Waals surface area contributed by atoms with Crippen molar-refractivity contribution in [1.82, 2.24) is 4.98 Å². The number of hydrogen-bond donors (Lipinski definition) is 0. The number of esters is 1. The Balaban J connectivity index is 2.05. The Bertz CT molecular complexity index is 685. The second kappa shape index (κ2) is 8.24. The summed E-state index contributed by atoms with van der Waals surface area (Å²) in [5, 5.41) is 3.17. The van der Waals surface area contributed by atoms with Crippen LogP contribution in [0.25, 0.3) is 0 Å². The molecule has 1 atom stereocenters. The van der Waals surface area contributed by atoms with Crippen molar-refractivity contribution in [2.45, 2.75) is 26.1 Å². The Kier molecular flexibility index (Phi) is 6.33. The monoisotopic (exact) mass is 351 g/mol. The van der Waals surface area contributed by atoms with Crippen LogP contribution in [0.4, 0.5) is 0 Å². The Hall–Kier alpha value is -1.69. The molecule has 1 unspecified atom stereocenters. The molecule has 1 aromatic carbocycles. The van der Waals surface area contributed by atoms with Gasteiger partial charge in [0.2, 0.25) is 0 Å². The van der Waals surface area contributed by atoms with Gasteiger partial charge in [-0.05, 0) is 23.6 Å². The average molecular weight is 352 g/mol. The molecule has 6 heteroatoms. The first-order valence-corrected chi connectivity index (χ1v) is 8.38. The summed E-state index contributed by atoms with van der Waals surface area (Å²) in [4.78, 5) is 16.4. The van der Waals surface area contributed by atoms with E-state index in [0.29, 0.717) is 10.0 Å². The van der Waals surface area contributed by atoms with Crippen LogP contribution in [0, 0.1) is 0 Å². The first-order chi connectivity index (χ1) is 11.1. The average Bonchev–Trinajstić information content (AvgIpc) is 3.07. The molecule has 0 aliphatic rings. The van der Waals surface area contributed by atoms with Crippen LogP contribution in [0.15, 0.2) is 41.9 Å². The van der Waals surface area contributed by atoms with Gasteiger partial charge in [-0.15, -0.1) is 11.3 Å². The first-order valence-electron chi connectivity index (χ1n) is 7.12. The summed E-state index contributed by atoms with van der Waals surface area (Å²) >= 11 is 7.56. The number of rotatable bonds is 7. The fourth-order valence-electron chi connectivity index (χ4n) is 2.23. The van der Waals surface area contributed by atoms with E-state index < -0.39 is 12.1 Å². The number of carbonyl (C=O) groups excluding carboxylic acids is 1. The Morgan fingerprint density at radius 2 is 2.26 bits per heavy atom. The summed E-state index contributed by atoms with van der Waals surface area (Å²) in [6.07, 6.45) is 1.84. The van der Waals surface area contributed by atoms with Crippen molar-refractivity contribution < 1.29 is 14.3 Å².